The molecule has 6 heteroatoms. The number of hydrogen-bond donors (Lipinski definition) is 1. The van der Waals surface area contributed by atoms with Crippen molar-refractivity contribution in [3.63, 3.8) is 0 Å². The van der Waals surface area contributed by atoms with Crippen LogP contribution in [0.5, 0.6) is 0 Å². The fraction of sp³-hybridized carbons (Fsp3) is 0.214. The molecule has 3 aromatic rings. The van der Waals surface area contributed by atoms with Gasteiger partial charge in [-0.2, -0.15) is 0 Å². The molecule has 0 aliphatic carbocycles. The minimum atomic E-state index is -0.482. The van der Waals surface area contributed by atoms with Crippen LogP contribution in [0.1, 0.15) is 24.5 Å². The van der Waals surface area contributed by atoms with Crippen LogP contribution in [0.15, 0.2) is 33.4 Å². The first-order chi connectivity index (χ1) is 9.74. The van der Waals surface area contributed by atoms with Crippen LogP contribution in [0, 0.1) is 0 Å². The minimum Gasteiger partial charge on any atom is -0.463 e. The predicted molar refractivity (Wildman–Crippen MR) is 68.9 cm³/mol. The Morgan fingerprint density at radius 3 is 3.00 bits per heavy atom. The summed E-state index contributed by atoms with van der Waals surface area (Å²) in [6.45, 7) is 0. The van der Waals surface area contributed by atoms with Crippen LogP contribution in [0.25, 0.3) is 21.9 Å². The summed E-state index contributed by atoms with van der Waals surface area (Å²) in [5.41, 5.74) is 1.76. The van der Waals surface area contributed by atoms with Crippen molar-refractivity contribution in [3.05, 3.63) is 30.2 Å². The van der Waals surface area contributed by atoms with E-state index in [-0.39, 0.29) is 11.8 Å². The van der Waals surface area contributed by atoms with Gasteiger partial charge in [0.15, 0.2) is 5.58 Å². The van der Waals surface area contributed by atoms with Crippen LogP contribution in [0.3, 0.4) is 0 Å². The molecule has 0 spiro atoms. The highest BCUT2D eigenvalue weighted by atomic mass is 16.5. The third kappa shape index (κ3) is 1.48. The number of carbonyl (C=O) groups excluding carboxylic acids is 2. The second-order valence-electron chi connectivity index (χ2n) is 4.85. The molecule has 1 N–H and O–H groups in total. The first-order valence-corrected chi connectivity index (χ1v) is 6.33. The van der Waals surface area contributed by atoms with Crippen molar-refractivity contribution in [2.45, 2.75) is 18.8 Å². The Balaban J connectivity index is 1.93. The van der Waals surface area contributed by atoms with Crippen LogP contribution >= 0.6 is 0 Å². The zero-order chi connectivity index (χ0) is 13.7. The van der Waals surface area contributed by atoms with E-state index in [0.29, 0.717) is 35.1 Å². The van der Waals surface area contributed by atoms with Gasteiger partial charge in [0, 0.05) is 11.8 Å². The lowest BCUT2D eigenvalue weighted by atomic mass is 9.92. The molecule has 1 aromatic carbocycles. The van der Waals surface area contributed by atoms with Crippen molar-refractivity contribution in [1.82, 2.24) is 10.5 Å². The van der Waals surface area contributed by atoms with Gasteiger partial charge < -0.3 is 8.94 Å². The largest absolute Gasteiger partial charge is 0.463 e. The number of nitrogens with zero attached hydrogens (tertiary/aromatic N) is 1. The van der Waals surface area contributed by atoms with Crippen LogP contribution in [0.2, 0.25) is 0 Å². The molecular formula is C14H10N2O4. The second-order valence-corrected chi connectivity index (χ2v) is 4.85. The number of furan rings is 1. The smallest absolute Gasteiger partial charge is 0.235 e. The van der Waals surface area contributed by atoms with Crippen LogP contribution < -0.4 is 5.32 Å². The third-order valence-electron chi connectivity index (χ3n) is 3.65. The molecule has 0 bridgehead atoms. The molecule has 1 saturated heterocycles. The van der Waals surface area contributed by atoms with Crippen molar-refractivity contribution in [2.75, 3.05) is 0 Å². The Morgan fingerprint density at radius 1 is 1.25 bits per heavy atom. The van der Waals surface area contributed by atoms with Gasteiger partial charge in [-0.25, -0.2) is 0 Å². The summed E-state index contributed by atoms with van der Waals surface area (Å²) < 4.78 is 10.8. The van der Waals surface area contributed by atoms with Crippen LogP contribution in [-0.2, 0) is 9.59 Å². The molecule has 100 valence electrons. The topological polar surface area (TPSA) is 85.3 Å². The fourth-order valence-corrected chi connectivity index (χ4v) is 2.67. The Hall–Kier alpha value is -2.63. The van der Waals surface area contributed by atoms with Crippen molar-refractivity contribution in [2.24, 2.45) is 0 Å². The van der Waals surface area contributed by atoms with E-state index in [1.54, 1.807) is 12.3 Å². The molecule has 2 amide bonds. The maximum atomic E-state index is 12.0. The highest BCUT2D eigenvalue weighted by Crippen LogP contribution is 2.35. The Bertz CT molecular complexity index is 845. The van der Waals surface area contributed by atoms with Gasteiger partial charge in [-0.1, -0.05) is 5.16 Å². The van der Waals surface area contributed by atoms with Gasteiger partial charge in [-0.15, -0.1) is 0 Å². The standard InChI is InChI=1S/C14H10N2O4/c17-10-4-2-8(14(18)15-10)12-11-9(20-16-12)3-1-7-5-6-19-13(7)11/h1,3,5-6,8H,2,4H2,(H,15,17,18)/t8-/m0/s1. The lowest BCUT2D eigenvalue weighted by molar-refractivity contribution is -0.134. The third-order valence-corrected chi connectivity index (χ3v) is 3.65. The second kappa shape index (κ2) is 3.93. The lowest BCUT2D eigenvalue weighted by Gasteiger charge is -2.18. The summed E-state index contributed by atoms with van der Waals surface area (Å²) in [5.74, 6) is -1.06. The maximum absolute atomic E-state index is 12.0. The zero-order valence-electron chi connectivity index (χ0n) is 10.4. The molecular weight excluding hydrogens is 260 g/mol. The van der Waals surface area contributed by atoms with E-state index in [0.717, 1.165) is 5.39 Å². The van der Waals surface area contributed by atoms with E-state index < -0.39 is 5.92 Å². The number of benzene rings is 1. The molecule has 20 heavy (non-hydrogen) atoms. The van der Waals surface area contributed by atoms with E-state index in [1.807, 2.05) is 12.1 Å². The molecule has 1 aliphatic rings. The number of hydrogen-bond acceptors (Lipinski definition) is 5. The van der Waals surface area contributed by atoms with Gasteiger partial charge in [0.1, 0.15) is 11.3 Å². The molecule has 2 aromatic heterocycles. The Labute approximate surface area is 112 Å². The van der Waals surface area contributed by atoms with Crippen molar-refractivity contribution < 1.29 is 18.5 Å². The molecule has 0 unspecified atom stereocenters. The average molecular weight is 270 g/mol. The average Bonchev–Trinajstić information content (AvgIpc) is 3.03. The van der Waals surface area contributed by atoms with Crippen molar-refractivity contribution in [1.29, 1.82) is 0 Å². The summed E-state index contributed by atoms with van der Waals surface area (Å²) in [6, 6.07) is 5.52. The number of amides is 2. The Kier molecular flexibility index (Phi) is 2.20. The fourth-order valence-electron chi connectivity index (χ4n) is 2.67. The van der Waals surface area contributed by atoms with Crippen LogP contribution in [0.4, 0.5) is 0 Å². The van der Waals surface area contributed by atoms with E-state index >= 15 is 0 Å². The molecule has 1 fully saturated rings. The summed E-state index contributed by atoms with van der Waals surface area (Å²) in [5, 5.41) is 7.99. The van der Waals surface area contributed by atoms with E-state index in [9.17, 15) is 9.59 Å². The predicted octanol–water partition coefficient (Wildman–Crippen LogP) is 2.09. The van der Waals surface area contributed by atoms with E-state index in [1.165, 1.54) is 0 Å². The number of fused-ring (bicyclic) bond motifs is 3. The number of rotatable bonds is 1. The van der Waals surface area contributed by atoms with Crippen molar-refractivity contribution >= 4 is 33.8 Å². The summed E-state index contributed by atoms with van der Waals surface area (Å²) in [4.78, 5) is 23.2. The normalized spacial score (nSPS) is 19.7. The molecule has 0 radical (unpaired) electrons. The van der Waals surface area contributed by atoms with Crippen molar-refractivity contribution in [3.8, 4) is 0 Å². The van der Waals surface area contributed by atoms with Gasteiger partial charge in [0.25, 0.3) is 0 Å². The number of carbonyl (C=O) groups is 2. The summed E-state index contributed by atoms with van der Waals surface area (Å²) in [7, 11) is 0. The number of nitrogens with one attached hydrogen (secondary N) is 1. The molecule has 4 rings (SSSR count). The SMILES string of the molecule is O=C1CC[C@@H](c2noc3ccc4ccoc4c23)C(=O)N1. The summed E-state index contributed by atoms with van der Waals surface area (Å²) in [6.07, 6.45) is 2.33. The molecule has 0 saturated carbocycles. The monoisotopic (exact) mass is 270 g/mol. The molecule has 1 atom stereocenters. The lowest BCUT2D eigenvalue weighted by Crippen LogP contribution is -2.39. The molecule has 3 heterocycles. The maximum Gasteiger partial charge on any atom is 0.235 e. The van der Waals surface area contributed by atoms with E-state index in [4.69, 9.17) is 8.94 Å². The Morgan fingerprint density at radius 2 is 2.15 bits per heavy atom. The highest BCUT2D eigenvalue weighted by molar-refractivity contribution is 6.07. The summed E-state index contributed by atoms with van der Waals surface area (Å²) >= 11 is 0. The van der Waals surface area contributed by atoms with E-state index in [2.05, 4.69) is 10.5 Å². The van der Waals surface area contributed by atoms with Crippen LogP contribution in [-0.4, -0.2) is 17.0 Å². The first-order valence-electron chi connectivity index (χ1n) is 6.33. The quantitative estimate of drug-likeness (QED) is 0.684. The number of piperidine rings is 1. The zero-order valence-corrected chi connectivity index (χ0v) is 10.4. The van der Waals surface area contributed by atoms with Gasteiger partial charge in [-0.3, -0.25) is 14.9 Å². The number of aromatic nitrogens is 1. The molecule has 6 nitrogen and oxygen atoms in total. The first kappa shape index (κ1) is 11.2. The van der Waals surface area contributed by atoms with Gasteiger partial charge >= 0.3 is 0 Å². The molecule has 1 aliphatic heterocycles. The minimum absolute atomic E-state index is 0.248. The van der Waals surface area contributed by atoms with Gasteiger partial charge in [0.2, 0.25) is 11.8 Å². The number of imide groups is 1. The highest BCUT2D eigenvalue weighted by Gasteiger charge is 2.32. The van der Waals surface area contributed by atoms with Gasteiger partial charge in [0.05, 0.1) is 17.6 Å². The van der Waals surface area contributed by atoms with Gasteiger partial charge in [-0.05, 0) is 24.6 Å².